The molecule has 0 radical (unpaired) electrons. The fraction of sp³-hybridized carbons (Fsp3) is 0.462. The lowest BCUT2D eigenvalue weighted by atomic mass is 10.0. The Hall–Kier alpha value is -1.31. The second-order valence-electron chi connectivity index (χ2n) is 2.98. The molecule has 0 bridgehead atoms. The summed E-state index contributed by atoms with van der Waals surface area (Å²) in [5.74, 6) is -0.220. The molecule has 1 unspecified atom stereocenters. The van der Waals surface area contributed by atoms with E-state index < -0.39 is 0 Å². The molecule has 0 amide bonds. The zero-order chi connectivity index (χ0) is 11.8. The van der Waals surface area contributed by atoms with E-state index in [-0.39, 0.29) is 12.1 Å². The predicted octanol–water partition coefficient (Wildman–Crippen LogP) is 3.41. The largest absolute Gasteiger partial charge is 0.454 e. The van der Waals surface area contributed by atoms with Crippen molar-refractivity contribution < 1.29 is 9.53 Å². The van der Waals surface area contributed by atoms with Crippen molar-refractivity contribution in [3.63, 3.8) is 0 Å². The number of cyclic esters (lactones) is 1. The summed E-state index contributed by atoms with van der Waals surface area (Å²) in [5.41, 5.74) is 1.72. The fourth-order valence-electron chi connectivity index (χ4n) is 1.42. The second-order valence-corrected chi connectivity index (χ2v) is 2.98. The van der Waals surface area contributed by atoms with Crippen LogP contribution in [0.4, 0.5) is 0 Å². The Bertz CT molecular complexity index is 285. The van der Waals surface area contributed by atoms with Gasteiger partial charge in [0.25, 0.3) is 0 Å². The minimum Gasteiger partial charge on any atom is -0.454 e. The van der Waals surface area contributed by atoms with Gasteiger partial charge in [0.15, 0.2) is 0 Å². The first-order valence-corrected chi connectivity index (χ1v) is 5.38. The van der Waals surface area contributed by atoms with Crippen LogP contribution < -0.4 is 0 Å². The van der Waals surface area contributed by atoms with Crippen LogP contribution in [0.1, 0.15) is 34.1 Å². The minimum atomic E-state index is -0.220. The van der Waals surface area contributed by atoms with Crippen LogP contribution in [0, 0.1) is 0 Å². The first kappa shape index (κ1) is 13.7. The van der Waals surface area contributed by atoms with Crippen molar-refractivity contribution in [3.05, 3.63) is 36.0 Å². The van der Waals surface area contributed by atoms with Gasteiger partial charge in [0.1, 0.15) is 6.10 Å². The number of ether oxygens (including phenoxy) is 1. The highest BCUT2D eigenvalue weighted by molar-refractivity contribution is 5.95. The van der Waals surface area contributed by atoms with Crippen LogP contribution in [-0.4, -0.2) is 12.1 Å². The standard InChI is InChI=1S/C11H14O2.C2H6/c1-4-6-9-8(3)13-11(12)10(9)7-5-2;1-2/h4-5,7-8H,1,6H2,2-3H3;1-2H3/b7-5-;. The molecular weight excluding hydrogens is 188 g/mol. The minimum absolute atomic E-state index is 0.100. The molecule has 0 saturated carbocycles. The average molecular weight is 208 g/mol. The molecule has 2 heteroatoms. The molecule has 0 spiro atoms. The van der Waals surface area contributed by atoms with Gasteiger partial charge in [0.05, 0.1) is 5.57 Å². The predicted molar refractivity (Wildman–Crippen MR) is 63.6 cm³/mol. The summed E-state index contributed by atoms with van der Waals surface area (Å²) in [5, 5.41) is 0. The number of esters is 1. The third-order valence-corrected chi connectivity index (χ3v) is 2.04. The Labute approximate surface area is 92.3 Å². The molecule has 1 aliphatic heterocycles. The lowest BCUT2D eigenvalue weighted by Gasteiger charge is -2.04. The van der Waals surface area contributed by atoms with Crippen LogP contribution in [0.2, 0.25) is 0 Å². The Morgan fingerprint density at radius 3 is 2.53 bits per heavy atom. The van der Waals surface area contributed by atoms with E-state index >= 15 is 0 Å². The molecule has 0 saturated heterocycles. The first-order valence-electron chi connectivity index (χ1n) is 5.38. The van der Waals surface area contributed by atoms with Crippen molar-refractivity contribution in [2.24, 2.45) is 0 Å². The molecule has 0 aromatic heterocycles. The van der Waals surface area contributed by atoms with Crippen LogP contribution in [0.25, 0.3) is 0 Å². The van der Waals surface area contributed by atoms with E-state index in [1.54, 1.807) is 12.2 Å². The summed E-state index contributed by atoms with van der Waals surface area (Å²) >= 11 is 0. The van der Waals surface area contributed by atoms with Gasteiger partial charge < -0.3 is 4.74 Å². The van der Waals surface area contributed by atoms with E-state index in [9.17, 15) is 4.79 Å². The molecule has 1 atom stereocenters. The van der Waals surface area contributed by atoms with Crippen LogP contribution in [0.15, 0.2) is 36.0 Å². The van der Waals surface area contributed by atoms with Gasteiger partial charge in [-0.15, -0.1) is 6.58 Å². The maximum atomic E-state index is 11.3. The van der Waals surface area contributed by atoms with Crippen molar-refractivity contribution in [2.45, 2.75) is 40.2 Å². The summed E-state index contributed by atoms with van der Waals surface area (Å²) in [6.45, 7) is 11.4. The number of carbonyl (C=O) groups excluding carboxylic acids is 1. The molecule has 84 valence electrons. The molecule has 0 N–H and O–H groups in total. The fourth-order valence-corrected chi connectivity index (χ4v) is 1.42. The molecule has 1 aliphatic rings. The molecule has 0 aromatic rings. The summed E-state index contributed by atoms with van der Waals surface area (Å²) in [6, 6.07) is 0. The van der Waals surface area contributed by atoms with E-state index in [4.69, 9.17) is 4.74 Å². The van der Waals surface area contributed by atoms with Crippen molar-refractivity contribution in [2.75, 3.05) is 0 Å². The van der Waals surface area contributed by atoms with Crippen LogP contribution in [-0.2, 0) is 9.53 Å². The van der Waals surface area contributed by atoms with E-state index in [0.29, 0.717) is 12.0 Å². The quantitative estimate of drug-likeness (QED) is 0.525. The van der Waals surface area contributed by atoms with Gasteiger partial charge in [-0.1, -0.05) is 32.1 Å². The van der Waals surface area contributed by atoms with Gasteiger partial charge in [-0.05, 0) is 25.8 Å². The van der Waals surface area contributed by atoms with Gasteiger partial charge >= 0.3 is 5.97 Å². The molecule has 0 aliphatic carbocycles. The van der Waals surface area contributed by atoms with Gasteiger partial charge in [0.2, 0.25) is 0 Å². The number of hydrogen-bond donors (Lipinski definition) is 0. The zero-order valence-corrected chi connectivity index (χ0v) is 10.0. The van der Waals surface area contributed by atoms with Crippen molar-refractivity contribution >= 4 is 5.97 Å². The lowest BCUT2D eigenvalue weighted by molar-refractivity contribution is -0.138. The first-order chi connectivity index (χ1) is 7.20. The van der Waals surface area contributed by atoms with Crippen molar-refractivity contribution in [3.8, 4) is 0 Å². The maximum Gasteiger partial charge on any atom is 0.338 e. The van der Waals surface area contributed by atoms with Gasteiger partial charge in [-0.25, -0.2) is 4.79 Å². The third kappa shape index (κ3) is 3.39. The molecule has 2 nitrogen and oxygen atoms in total. The van der Waals surface area contributed by atoms with E-state index in [2.05, 4.69) is 6.58 Å². The number of carbonyl (C=O) groups is 1. The normalized spacial score (nSPS) is 20.0. The summed E-state index contributed by atoms with van der Waals surface area (Å²) in [4.78, 5) is 11.3. The molecule has 1 rings (SSSR count). The van der Waals surface area contributed by atoms with Crippen molar-refractivity contribution in [1.82, 2.24) is 0 Å². The maximum absolute atomic E-state index is 11.3. The number of allylic oxidation sites excluding steroid dienone is 2. The van der Waals surface area contributed by atoms with Crippen LogP contribution in [0.5, 0.6) is 0 Å². The smallest absolute Gasteiger partial charge is 0.338 e. The monoisotopic (exact) mass is 208 g/mol. The molecular formula is C13H20O2. The summed E-state index contributed by atoms with van der Waals surface area (Å²) in [6.07, 6.45) is 6.04. The SMILES string of the molecule is C=CCC1=C(/C=C\C)C(=O)OC1C.CC. The number of hydrogen-bond acceptors (Lipinski definition) is 2. The Kier molecular flexibility index (Phi) is 6.43. The zero-order valence-electron chi connectivity index (χ0n) is 10.0. The third-order valence-electron chi connectivity index (χ3n) is 2.04. The molecule has 1 heterocycles. The van der Waals surface area contributed by atoms with Gasteiger partial charge in [0, 0.05) is 0 Å². The highest BCUT2D eigenvalue weighted by atomic mass is 16.5. The molecule has 0 fully saturated rings. The Morgan fingerprint density at radius 1 is 1.47 bits per heavy atom. The number of rotatable bonds is 3. The van der Waals surface area contributed by atoms with E-state index in [1.807, 2.05) is 33.8 Å². The van der Waals surface area contributed by atoms with Crippen molar-refractivity contribution in [1.29, 1.82) is 0 Å². The second kappa shape index (κ2) is 7.04. The van der Waals surface area contributed by atoms with Gasteiger partial charge in [-0.3, -0.25) is 0 Å². The topological polar surface area (TPSA) is 26.3 Å². The molecule has 15 heavy (non-hydrogen) atoms. The Balaban J connectivity index is 0.000000921. The van der Waals surface area contributed by atoms with Gasteiger partial charge in [-0.2, -0.15) is 0 Å². The lowest BCUT2D eigenvalue weighted by Crippen LogP contribution is -2.05. The van der Waals surface area contributed by atoms with Crippen LogP contribution >= 0.6 is 0 Å². The average Bonchev–Trinajstić information content (AvgIpc) is 2.49. The summed E-state index contributed by atoms with van der Waals surface area (Å²) < 4.78 is 5.08. The molecule has 0 aromatic carbocycles. The highest BCUT2D eigenvalue weighted by Crippen LogP contribution is 2.26. The van der Waals surface area contributed by atoms with Crippen LogP contribution in [0.3, 0.4) is 0 Å². The van der Waals surface area contributed by atoms with E-state index in [0.717, 1.165) is 5.57 Å². The highest BCUT2D eigenvalue weighted by Gasteiger charge is 2.27. The Morgan fingerprint density at radius 2 is 2.07 bits per heavy atom. The van der Waals surface area contributed by atoms with E-state index in [1.165, 1.54) is 0 Å². The summed E-state index contributed by atoms with van der Waals surface area (Å²) in [7, 11) is 0.